The fourth-order valence-electron chi connectivity index (χ4n) is 3.23. The largest absolute Gasteiger partial charge is 0.484 e. The molecular formula is C24H17F3N6O3. The number of nitrogens with one attached hydrogen (secondary N) is 2. The number of halogens is 3. The zero-order valence-corrected chi connectivity index (χ0v) is 18.4. The van der Waals surface area contributed by atoms with Crippen molar-refractivity contribution in [2.24, 2.45) is 0 Å². The van der Waals surface area contributed by atoms with Crippen molar-refractivity contribution >= 4 is 11.8 Å². The summed E-state index contributed by atoms with van der Waals surface area (Å²) in [5.41, 5.74) is 4.12. The van der Waals surface area contributed by atoms with Crippen molar-refractivity contribution in [1.29, 1.82) is 5.26 Å². The van der Waals surface area contributed by atoms with Crippen LogP contribution in [0, 0.1) is 11.3 Å². The number of alkyl halides is 3. The molecule has 2 aromatic carbocycles. The van der Waals surface area contributed by atoms with Crippen LogP contribution in [0.4, 0.5) is 13.2 Å². The van der Waals surface area contributed by atoms with E-state index in [1.807, 2.05) is 6.07 Å². The number of ether oxygens (including phenoxy) is 1. The lowest BCUT2D eigenvalue weighted by Gasteiger charge is -2.13. The SMILES string of the molecule is N#Cc1ccc(OCC(=O)NNC(=O)c2cnn(-c3cccc(C(F)(F)F)c3)c2-n2cccc2)cc1. The minimum Gasteiger partial charge on any atom is -0.484 e. The second-order valence-electron chi connectivity index (χ2n) is 7.36. The number of rotatable bonds is 6. The molecule has 0 aliphatic carbocycles. The summed E-state index contributed by atoms with van der Waals surface area (Å²) < 4.78 is 47.6. The number of nitriles is 1. The zero-order valence-electron chi connectivity index (χ0n) is 18.4. The Morgan fingerprint density at radius 1 is 1.03 bits per heavy atom. The number of aromatic nitrogens is 3. The summed E-state index contributed by atoms with van der Waals surface area (Å²) in [5.74, 6) is -0.892. The van der Waals surface area contributed by atoms with E-state index in [4.69, 9.17) is 10.00 Å². The second-order valence-corrected chi connectivity index (χ2v) is 7.36. The van der Waals surface area contributed by atoms with Crippen molar-refractivity contribution in [3.05, 3.63) is 95.9 Å². The Bertz CT molecular complexity index is 1420. The van der Waals surface area contributed by atoms with E-state index in [0.29, 0.717) is 11.3 Å². The monoisotopic (exact) mass is 494 g/mol. The van der Waals surface area contributed by atoms with E-state index in [-0.39, 0.29) is 17.1 Å². The summed E-state index contributed by atoms with van der Waals surface area (Å²) in [6.07, 6.45) is -0.171. The van der Waals surface area contributed by atoms with E-state index >= 15 is 0 Å². The quantitative estimate of drug-likeness (QED) is 0.399. The van der Waals surface area contributed by atoms with E-state index in [1.165, 1.54) is 51.8 Å². The maximum Gasteiger partial charge on any atom is 0.416 e. The highest BCUT2D eigenvalue weighted by molar-refractivity contribution is 5.98. The fraction of sp³-hybridized carbons (Fsp3) is 0.0833. The Kier molecular flexibility index (Phi) is 6.73. The third-order valence-corrected chi connectivity index (χ3v) is 4.92. The highest BCUT2D eigenvalue weighted by Gasteiger charge is 2.31. The van der Waals surface area contributed by atoms with Crippen LogP contribution in [0.2, 0.25) is 0 Å². The summed E-state index contributed by atoms with van der Waals surface area (Å²) in [5, 5.41) is 12.9. The van der Waals surface area contributed by atoms with E-state index in [9.17, 15) is 22.8 Å². The molecule has 0 saturated carbocycles. The first kappa shape index (κ1) is 24.1. The molecule has 0 atom stereocenters. The standard InChI is InChI=1S/C24H17F3N6O3/c25-24(26,27)17-4-3-5-18(12-17)33-23(32-10-1-2-11-32)20(14-29-33)22(35)31-30-21(34)15-36-19-8-6-16(13-28)7-9-19/h1-12,14H,15H2,(H,30,34)(H,31,35). The van der Waals surface area contributed by atoms with Crippen LogP contribution >= 0.6 is 0 Å². The minimum absolute atomic E-state index is 0.00285. The lowest BCUT2D eigenvalue weighted by atomic mass is 10.2. The molecule has 0 unspecified atom stereocenters. The molecule has 9 nitrogen and oxygen atoms in total. The first-order chi connectivity index (χ1) is 17.3. The van der Waals surface area contributed by atoms with E-state index in [2.05, 4.69) is 16.0 Å². The molecule has 0 spiro atoms. The Morgan fingerprint density at radius 2 is 1.75 bits per heavy atom. The van der Waals surface area contributed by atoms with Crippen LogP contribution in [-0.4, -0.2) is 32.8 Å². The molecule has 0 aliphatic rings. The lowest BCUT2D eigenvalue weighted by molar-refractivity contribution is -0.137. The first-order valence-electron chi connectivity index (χ1n) is 10.4. The Hall–Kier alpha value is -5.05. The van der Waals surface area contributed by atoms with Gasteiger partial charge in [0.25, 0.3) is 11.8 Å². The molecule has 2 amide bonds. The van der Waals surface area contributed by atoms with Gasteiger partial charge in [-0.15, -0.1) is 0 Å². The molecule has 36 heavy (non-hydrogen) atoms. The summed E-state index contributed by atoms with van der Waals surface area (Å²) in [6.45, 7) is -0.417. The molecule has 0 radical (unpaired) electrons. The Morgan fingerprint density at radius 3 is 2.42 bits per heavy atom. The topological polar surface area (TPSA) is 114 Å². The van der Waals surface area contributed by atoms with Crippen molar-refractivity contribution in [3.8, 4) is 23.3 Å². The number of nitrogens with zero attached hydrogens (tertiary/aromatic N) is 4. The summed E-state index contributed by atoms with van der Waals surface area (Å²) in [4.78, 5) is 24.9. The van der Waals surface area contributed by atoms with Crippen LogP contribution < -0.4 is 15.6 Å². The Labute approximate surface area is 202 Å². The third-order valence-electron chi connectivity index (χ3n) is 4.92. The van der Waals surface area contributed by atoms with Crippen LogP contribution in [0.1, 0.15) is 21.5 Å². The number of benzene rings is 2. The lowest BCUT2D eigenvalue weighted by Crippen LogP contribution is -2.44. The van der Waals surface area contributed by atoms with Gasteiger partial charge in [0.2, 0.25) is 0 Å². The van der Waals surface area contributed by atoms with Gasteiger partial charge in [0.15, 0.2) is 12.4 Å². The summed E-state index contributed by atoms with van der Waals surface area (Å²) in [6, 6.07) is 15.9. The summed E-state index contributed by atoms with van der Waals surface area (Å²) >= 11 is 0. The molecule has 2 heterocycles. The van der Waals surface area contributed by atoms with Crippen molar-refractivity contribution in [2.75, 3.05) is 6.61 Å². The minimum atomic E-state index is -4.55. The van der Waals surface area contributed by atoms with Crippen LogP contribution in [-0.2, 0) is 11.0 Å². The van der Waals surface area contributed by atoms with Crippen LogP contribution in [0.5, 0.6) is 5.75 Å². The van der Waals surface area contributed by atoms with Gasteiger partial charge in [-0.2, -0.15) is 23.5 Å². The van der Waals surface area contributed by atoms with Gasteiger partial charge < -0.3 is 9.30 Å². The smallest absolute Gasteiger partial charge is 0.416 e. The molecule has 0 saturated heterocycles. The maximum atomic E-state index is 13.2. The van der Waals surface area contributed by atoms with Gasteiger partial charge in [-0.1, -0.05) is 6.07 Å². The number of amides is 2. The number of hydrogen-bond acceptors (Lipinski definition) is 5. The van der Waals surface area contributed by atoms with E-state index < -0.39 is 30.2 Å². The van der Waals surface area contributed by atoms with Crippen molar-refractivity contribution in [2.45, 2.75) is 6.18 Å². The van der Waals surface area contributed by atoms with Gasteiger partial charge in [-0.05, 0) is 54.6 Å². The number of carbonyl (C=O) groups is 2. The average molecular weight is 494 g/mol. The number of hydrogen-bond donors (Lipinski definition) is 2. The normalized spacial score (nSPS) is 10.9. The predicted octanol–water partition coefficient (Wildman–Crippen LogP) is 3.39. The third kappa shape index (κ3) is 5.36. The van der Waals surface area contributed by atoms with Gasteiger partial charge in [-0.3, -0.25) is 20.4 Å². The van der Waals surface area contributed by atoms with E-state index in [0.717, 1.165) is 12.1 Å². The van der Waals surface area contributed by atoms with Gasteiger partial charge in [0.05, 0.1) is 29.1 Å². The molecular weight excluding hydrogens is 477 g/mol. The maximum absolute atomic E-state index is 13.2. The zero-order chi connectivity index (χ0) is 25.7. The van der Waals surface area contributed by atoms with Gasteiger partial charge >= 0.3 is 6.18 Å². The van der Waals surface area contributed by atoms with Crippen molar-refractivity contribution < 1.29 is 27.5 Å². The molecule has 12 heteroatoms. The molecule has 0 aliphatic heterocycles. The van der Waals surface area contributed by atoms with Crippen LogP contribution in [0.25, 0.3) is 11.5 Å². The number of carbonyl (C=O) groups excluding carboxylic acids is 2. The average Bonchev–Trinajstić information content (AvgIpc) is 3.56. The van der Waals surface area contributed by atoms with Crippen molar-refractivity contribution in [3.63, 3.8) is 0 Å². The first-order valence-corrected chi connectivity index (χ1v) is 10.4. The van der Waals surface area contributed by atoms with Gasteiger partial charge in [-0.25, -0.2) is 4.68 Å². The molecule has 182 valence electrons. The highest BCUT2D eigenvalue weighted by atomic mass is 19.4. The van der Waals surface area contributed by atoms with Crippen LogP contribution in [0.3, 0.4) is 0 Å². The molecule has 4 aromatic rings. The van der Waals surface area contributed by atoms with Crippen LogP contribution in [0.15, 0.2) is 79.3 Å². The second kappa shape index (κ2) is 10.1. The van der Waals surface area contributed by atoms with Gasteiger partial charge in [0, 0.05) is 12.4 Å². The molecule has 0 bridgehead atoms. The summed E-state index contributed by atoms with van der Waals surface area (Å²) in [7, 11) is 0. The molecule has 0 fully saturated rings. The number of hydrazine groups is 1. The Balaban J connectivity index is 1.50. The molecule has 2 aromatic heterocycles. The van der Waals surface area contributed by atoms with Gasteiger partial charge in [0.1, 0.15) is 11.3 Å². The van der Waals surface area contributed by atoms with Crippen molar-refractivity contribution in [1.82, 2.24) is 25.2 Å². The highest BCUT2D eigenvalue weighted by Crippen LogP contribution is 2.31. The molecule has 2 N–H and O–H groups in total. The van der Waals surface area contributed by atoms with E-state index in [1.54, 1.807) is 24.5 Å². The fourth-order valence-corrected chi connectivity index (χ4v) is 3.23. The predicted molar refractivity (Wildman–Crippen MR) is 120 cm³/mol. The molecule has 4 rings (SSSR count).